The number of halogens is 3. The van der Waals surface area contributed by atoms with E-state index in [1.54, 1.807) is 0 Å². The third kappa shape index (κ3) is 1.84. The Hall–Kier alpha value is -0.270. The van der Waals surface area contributed by atoms with Crippen molar-refractivity contribution in [1.29, 1.82) is 0 Å². The SMILES string of the molecule is Fc1cc(Cl)[c]c(Cl)c1. The van der Waals surface area contributed by atoms with Crippen molar-refractivity contribution in [3.8, 4) is 0 Å². The molecule has 3 heteroatoms. The minimum absolute atomic E-state index is 0.194. The monoisotopic (exact) mass is 163 g/mol. The third-order valence-electron chi connectivity index (χ3n) is 0.768. The average Bonchev–Trinajstić information content (AvgIpc) is 1.59. The first-order chi connectivity index (χ1) is 4.18. The van der Waals surface area contributed by atoms with Crippen LogP contribution in [-0.2, 0) is 0 Å². The summed E-state index contributed by atoms with van der Waals surface area (Å²) < 4.78 is 12.2. The van der Waals surface area contributed by atoms with Crippen LogP contribution in [0.3, 0.4) is 0 Å². The fourth-order valence-corrected chi connectivity index (χ4v) is 0.930. The molecule has 0 aromatic heterocycles. The number of rotatable bonds is 0. The molecule has 0 aliphatic carbocycles. The molecule has 9 heavy (non-hydrogen) atoms. The predicted molar refractivity (Wildman–Crippen MR) is 35.3 cm³/mol. The van der Waals surface area contributed by atoms with Crippen LogP contribution in [0.2, 0.25) is 10.0 Å². The second kappa shape index (κ2) is 2.54. The highest BCUT2D eigenvalue weighted by Gasteiger charge is 1.94. The van der Waals surface area contributed by atoms with Gasteiger partial charge in [-0.05, 0) is 12.1 Å². The van der Waals surface area contributed by atoms with Crippen molar-refractivity contribution in [3.05, 3.63) is 34.1 Å². The Labute approximate surface area is 62.2 Å². The fraction of sp³-hybridized carbons (Fsp3) is 0. The van der Waals surface area contributed by atoms with Gasteiger partial charge in [0.2, 0.25) is 0 Å². The Balaban J connectivity index is 3.17. The van der Waals surface area contributed by atoms with E-state index in [0.29, 0.717) is 0 Å². The Morgan fingerprint density at radius 1 is 1.22 bits per heavy atom. The standard InChI is InChI=1S/C6H2Cl2F/c7-4-1-5(8)3-6(9)2-4/h2-3H. The van der Waals surface area contributed by atoms with Gasteiger partial charge in [0.15, 0.2) is 0 Å². The summed E-state index contributed by atoms with van der Waals surface area (Å²) in [5, 5.41) is 0.389. The molecule has 0 N–H and O–H groups in total. The highest BCUT2D eigenvalue weighted by Crippen LogP contribution is 2.16. The van der Waals surface area contributed by atoms with E-state index in [-0.39, 0.29) is 10.0 Å². The van der Waals surface area contributed by atoms with Crippen LogP contribution in [0.1, 0.15) is 0 Å². The van der Waals surface area contributed by atoms with Crippen molar-refractivity contribution in [2.24, 2.45) is 0 Å². The van der Waals surface area contributed by atoms with Gasteiger partial charge in [-0.25, -0.2) is 4.39 Å². The van der Waals surface area contributed by atoms with Gasteiger partial charge in [0.25, 0.3) is 0 Å². The molecular weight excluding hydrogens is 162 g/mol. The molecule has 0 atom stereocenters. The summed E-state index contributed by atoms with van der Waals surface area (Å²) in [6.45, 7) is 0. The summed E-state index contributed by atoms with van der Waals surface area (Å²) in [6, 6.07) is 4.79. The molecule has 0 aliphatic heterocycles. The van der Waals surface area contributed by atoms with Gasteiger partial charge < -0.3 is 0 Å². The van der Waals surface area contributed by atoms with Crippen LogP contribution in [0.5, 0.6) is 0 Å². The first-order valence-corrected chi connectivity index (χ1v) is 2.98. The van der Waals surface area contributed by atoms with Crippen molar-refractivity contribution in [1.82, 2.24) is 0 Å². The lowest BCUT2D eigenvalue weighted by Crippen LogP contribution is -1.72. The first kappa shape index (κ1) is 6.84. The topological polar surface area (TPSA) is 0 Å². The lowest BCUT2D eigenvalue weighted by molar-refractivity contribution is 0.628. The van der Waals surface area contributed by atoms with Crippen LogP contribution < -0.4 is 0 Å². The van der Waals surface area contributed by atoms with Gasteiger partial charge in [-0.1, -0.05) is 23.2 Å². The largest absolute Gasteiger partial charge is 0.207 e. The molecule has 0 heterocycles. The highest BCUT2D eigenvalue weighted by molar-refractivity contribution is 6.34. The Bertz CT molecular complexity index is 172. The molecule has 0 saturated heterocycles. The van der Waals surface area contributed by atoms with E-state index < -0.39 is 5.82 Å². The van der Waals surface area contributed by atoms with Gasteiger partial charge in [-0.15, -0.1) is 0 Å². The summed E-state index contributed by atoms with van der Waals surface area (Å²) >= 11 is 10.7. The van der Waals surface area contributed by atoms with Gasteiger partial charge in [0.05, 0.1) is 10.0 Å². The fourth-order valence-electron chi connectivity index (χ4n) is 0.470. The molecule has 0 nitrogen and oxygen atoms in total. The molecule has 1 aromatic carbocycles. The highest BCUT2D eigenvalue weighted by atomic mass is 35.5. The zero-order valence-corrected chi connectivity index (χ0v) is 5.80. The lowest BCUT2D eigenvalue weighted by Gasteiger charge is -1.89. The van der Waals surface area contributed by atoms with Gasteiger partial charge >= 0.3 is 0 Å². The van der Waals surface area contributed by atoms with Crippen molar-refractivity contribution in [3.63, 3.8) is 0 Å². The minimum atomic E-state index is -0.441. The first-order valence-electron chi connectivity index (χ1n) is 2.22. The van der Waals surface area contributed by atoms with Crippen molar-refractivity contribution >= 4 is 23.2 Å². The van der Waals surface area contributed by atoms with E-state index in [2.05, 4.69) is 6.07 Å². The smallest absolute Gasteiger partial charge is 0.126 e. The van der Waals surface area contributed by atoms with Gasteiger partial charge in [-0.3, -0.25) is 0 Å². The van der Waals surface area contributed by atoms with Gasteiger partial charge in [-0.2, -0.15) is 0 Å². The molecule has 47 valence electrons. The molecule has 1 rings (SSSR count). The Morgan fingerprint density at radius 3 is 2.00 bits per heavy atom. The summed E-state index contributed by atoms with van der Waals surface area (Å²) in [7, 11) is 0. The minimum Gasteiger partial charge on any atom is -0.207 e. The third-order valence-corrected chi connectivity index (χ3v) is 1.18. The van der Waals surface area contributed by atoms with E-state index >= 15 is 0 Å². The molecule has 1 radical (unpaired) electrons. The molecule has 0 amide bonds. The average molecular weight is 164 g/mol. The maximum atomic E-state index is 12.2. The van der Waals surface area contributed by atoms with Crippen LogP contribution in [0.4, 0.5) is 4.39 Å². The molecule has 0 bridgehead atoms. The van der Waals surface area contributed by atoms with Crippen molar-refractivity contribution < 1.29 is 4.39 Å². The van der Waals surface area contributed by atoms with Crippen molar-refractivity contribution in [2.45, 2.75) is 0 Å². The molecule has 1 aromatic rings. The Morgan fingerprint density at radius 2 is 1.67 bits per heavy atom. The second-order valence-electron chi connectivity index (χ2n) is 1.49. The number of hydrogen-bond acceptors (Lipinski definition) is 0. The van der Waals surface area contributed by atoms with Crippen LogP contribution in [-0.4, -0.2) is 0 Å². The van der Waals surface area contributed by atoms with E-state index in [0.717, 1.165) is 12.1 Å². The van der Waals surface area contributed by atoms with Crippen LogP contribution >= 0.6 is 23.2 Å². The van der Waals surface area contributed by atoms with Crippen LogP contribution in [0, 0.1) is 11.9 Å². The van der Waals surface area contributed by atoms with E-state index in [1.165, 1.54) is 0 Å². The molecule has 0 spiro atoms. The summed E-state index contributed by atoms with van der Waals surface area (Å²) in [5.41, 5.74) is 0. The quantitative estimate of drug-likeness (QED) is 0.552. The van der Waals surface area contributed by atoms with E-state index in [1.807, 2.05) is 0 Å². The molecule has 0 fully saturated rings. The molecule has 0 aliphatic rings. The molecule has 0 saturated carbocycles. The predicted octanol–water partition coefficient (Wildman–Crippen LogP) is 2.93. The Kier molecular flexibility index (Phi) is 1.94. The maximum absolute atomic E-state index is 12.2. The summed E-state index contributed by atoms with van der Waals surface area (Å²) in [6.07, 6.45) is 0. The molecular formula is C6H2Cl2F. The maximum Gasteiger partial charge on any atom is 0.126 e. The zero-order valence-electron chi connectivity index (χ0n) is 4.29. The summed E-state index contributed by atoms with van der Waals surface area (Å²) in [4.78, 5) is 0. The van der Waals surface area contributed by atoms with Gasteiger partial charge in [0.1, 0.15) is 5.82 Å². The van der Waals surface area contributed by atoms with Crippen LogP contribution in [0.25, 0.3) is 0 Å². The van der Waals surface area contributed by atoms with E-state index in [4.69, 9.17) is 23.2 Å². The number of hydrogen-bond donors (Lipinski definition) is 0. The summed E-state index contributed by atoms with van der Waals surface area (Å²) in [5.74, 6) is -0.441. The van der Waals surface area contributed by atoms with Gasteiger partial charge in [0, 0.05) is 6.07 Å². The van der Waals surface area contributed by atoms with Crippen molar-refractivity contribution in [2.75, 3.05) is 0 Å². The second-order valence-corrected chi connectivity index (χ2v) is 2.31. The normalized spacial score (nSPS) is 9.67. The molecule has 0 unspecified atom stereocenters. The van der Waals surface area contributed by atoms with E-state index in [9.17, 15) is 4.39 Å². The van der Waals surface area contributed by atoms with Crippen LogP contribution in [0.15, 0.2) is 12.1 Å². The lowest BCUT2D eigenvalue weighted by atomic mass is 10.3. The zero-order chi connectivity index (χ0) is 6.85. The number of benzene rings is 1.